The molecule has 0 N–H and O–H groups in total. The molecule has 25 heavy (non-hydrogen) atoms. The van der Waals surface area contributed by atoms with E-state index in [1.807, 2.05) is 4.90 Å². The van der Waals surface area contributed by atoms with E-state index >= 15 is 0 Å². The molecular weight excluding hydrogens is 350 g/mol. The Hall–Kier alpha value is -2.72. The third-order valence-electron chi connectivity index (χ3n) is 4.10. The molecule has 0 bridgehead atoms. The average Bonchev–Trinajstić information content (AvgIpc) is 2.60. The van der Waals surface area contributed by atoms with Crippen molar-refractivity contribution in [2.24, 2.45) is 0 Å². The van der Waals surface area contributed by atoms with E-state index in [0.717, 1.165) is 6.07 Å². The number of fused-ring (bicyclic) bond motifs is 1. The van der Waals surface area contributed by atoms with Gasteiger partial charge in [0, 0.05) is 42.8 Å². The van der Waals surface area contributed by atoms with Crippen LogP contribution in [0.4, 0.5) is 14.5 Å². The summed E-state index contributed by atoms with van der Waals surface area (Å²) in [5.41, 5.74) is 0.915. The summed E-state index contributed by atoms with van der Waals surface area (Å²) >= 11 is 5.96. The highest BCUT2D eigenvalue weighted by atomic mass is 35.5. The second kappa shape index (κ2) is 6.65. The number of nitriles is 1. The van der Waals surface area contributed by atoms with Crippen molar-refractivity contribution in [1.82, 2.24) is 9.88 Å². The van der Waals surface area contributed by atoms with Crippen LogP contribution in [0.25, 0.3) is 10.9 Å². The molecule has 0 unspecified atom stereocenters. The number of hydrogen-bond acceptors (Lipinski definition) is 4. The minimum Gasteiger partial charge on any atom is -0.366 e. The van der Waals surface area contributed by atoms with E-state index in [2.05, 4.69) is 17.6 Å². The van der Waals surface area contributed by atoms with E-state index in [0.29, 0.717) is 24.2 Å². The molecule has 1 amide bonds. The van der Waals surface area contributed by atoms with Gasteiger partial charge in [0.2, 0.25) is 0 Å². The Morgan fingerprint density at radius 2 is 2.00 bits per heavy atom. The topological polar surface area (TPSA) is 60.2 Å². The average molecular weight is 363 g/mol. The number of amides is 1. The molecule has 1 fully saturated rings. The predicted octanol–water partition coefficient (Wildman–Crippen LogP) is 3.03. The minimum absolute atomic E-state index is 0.119. The molecular formula is C17H13ClF2N4O. The SMILES string of the molecule is C=C(F)C(=O)N1CCN(c2c(C#N)cnc3c(F)cc(Cl)cc23)CC1. The Kier molecular flexibility index (Phi) is 4.55. The molecule has 5 nitrogen and oxygen atoms in total. The summed E-state index contributed by atoms with van der Waals surface area (Å²) in [7, 11) is 0. The Bertz CT molecular complexity index is 917. The van der Waals surface area contributed by atoms with E-state index in [-0.39, 0.29) is 29.2 Å². The van der Waals surface area contributed by atoms with Crippen LogP contribution in [0.15, 0.2) is 30.7 Å². The Morgan fingerprint density at radius 1 is 1.32 bits per heavy atom. The summed E-state index contributed by atoms with van der Waals surface area (Å²) in [6, 6.07) is 4.77. The molecule has 1 aliphatic rings. The lowest BCUT2D eigenvalue weighted by molar-refractivity contribution is -0.128. The summed E-state index contributed by atoms with van der Waals surface area (Å²) in [4.78, 5) is 18.9. The van der Waals surface area contributed by atoms with Gasteiger partial charge in [0.15, 0.2) is 11.6 Å². The number of carbonyl (C=O) groups is 1. The molecule has 8 heteroatoms. The molecule has 128 valence electrons. The third-order valence-corrected chi connectivity index (χ3v) is 4.32. The summed E-state index contributed by atoms with van der Waals surface area (Å²) in [6.45, 7) is 4.27. The fraction of sp³-hybridized carbons (Fsp3) is 0.235. The number of nitrogens with zero attached hydrogens (tertiary/aromatic N) is 4. The first-order valence-electron chi connectivity index (χ1n) is 7.49. The zero-order valence-electron chi connectivity index (χ0n) is 13.1. The van der Waals surface area contributed by atoms with Gasteiger partial charge in [-0.2, -0.15) is 5.26 Å². The quantitative estimate of drug-likeness (QED) is 0.770. The molecule has 3 rings (SSSR count). The first-order chi connectivity index (χ1) is 11.9. The summed E-state index contributed by atoms with van der Waals surface area (Å²) in [6.07, 6.45) is 1.32. The molecule has 1 aromatic carbocycles. The Morgan fingerprint density at radius 3 is 2.60 bits per heavy atom. The van der Waals surface area contributed by atoms with Crippen molar-refractivity contribution < 1.29 is 13.6 Å². The van der Waals surface area contributed by atoms with Gasteiger partial charge in [0.05, 0.1) is 11.3 Å². The van der Waals surface area contributed by atoms with Crippen LogP contribution >= 0.6 is 11.6 Å². The van der Waals surface area contributed by atoms with E-state index in [1.165, 1.54) is 11.1 Å². The zero-order chi connectivity index (χ0) is 18.1. The highest BCUT2D eigenvalue weighted by molar-refractivity contribution is 6.31. The molecule has 0 atom stereocenters. The molecule has 2 aromatic rings. The first kappa shape index (κ1) is 17.1. The monoisotopic (exact) mass is 362 g/mol. The summed E-state index contributed by atoms with van der Waals surface area (Å²) < 4.78 is 27.1. The van der Waals surface area contributed by atoms with Crippen molar-refractivity contribution in [3.8, 4) is 6.07 Å². The van der Waals surface area contributed by atoms with Gasteiger partial charge in [-0.05, 0) is 12.1 Å². The number of hydrogen-bond donors (Lipinski definition) is 0. The van der Waals surface area contributed by atoms with Crippen molar-refractivity contribution in [3.05, 3.63) is 47.1 Å². The number of benzene rings is 1. The maximum atomic E-state index is 14.1. The van der Waals surface area contributed by atoms with Crippen LogP contribution in [0, 0.1) is 17.1 Å². The lowest BCUT2D eigenvalue weighted by Crippen LogP contribution is -2.49. The van der Waals surface area contributed by atoms with Crippen molar-refractivity contribution in [3.63, 3.8) is 0 Å². The fourth-order valence-corrected chi connectivity index (χ4v) is 3.15. The van der Waals surface area contributed by atoms with E-state index in [1.54, 1.807) is 6.07 Å². The van der Waals surface area contributed by atoms with Gasteiger partial charge < -0.3 is 9.80 Å². The molecule has 0 saturated carbocycles. The molecule has 1 saturated heterocycles. The number of anilines is 1. The second-order valence-electron chi connectivity index (χ2n) is 5.60. The van der Waals surface area contributed by atoms with Crippen LogP contribution in [0.3, 0.4) is 0 Å². The highest BCUT2D eigenvalue weighted by Gasteiger charge is 2.26. The van der Waals surface area contributed by atoms with Gasteiger partial charge in [-0.1, -0.05) is 18.2 Å². The van der Waals surface area contributed by atoms with Gasteiger partial charge in [-0.25, -0.2) is 8.78 Å². The van der Waals surface area contributed by atoms with E-state index in [9.17, 15) is 18.8 Å². The number of piperazine rings is 1. The van der Waals surface area contributed by atoms with Crippen LogP contribution in [-0.4, -0.2) is 42.0 Å². The van der Waals surface area contributed by atoms with Gasteiger partial charge in [0.25, 0.3) is 5.91 Å². The van der Waals surface area contributed by atoms with Crippen molar-refractivity contribution in [1.29, 1.82) is 5.26 Å². The molecule has 1 aliphatic heterocycles. The van der Waals surface area contributed by atoms with Gasteiger partial charge in [-0.15, -0.1) is 0 Å². The largest absolute Gasteiger partial charge is 0.366 e. The maximum Gasteiger partial charge on any atom is 0.282 e. The standard InChI is InChI=1S/C17H13ClF2N4O/c1-10(19)17(25)24-4-2-23(3-5-24)16-11(8-21)9-22-15-13(16)6-12(18)7-14(15)20/h6-7,9H,1-5H2. The van der Waals surface area contributed by atoms with E-state index in [4.69, 9.17) is 11.6 Å². The third kappa shape index (κ3) is 3.13. The lowest BCUT2D eigenvalue weighted by Gasteiger charge is -2.36. The van der Waals surface area contributed by atoms with Gasteiger partial charge in [0.1, 0.15) is 11.6 Å². The summed E-state index contributed by atoms with van der Waals surface area (Å²) in [5.74, 6) is -2.32. The lowest BCUT2D eigenvalue weighted by atomic mass is 10.1. The number of halogens is 3. The first-order valence-corrected chi connectivity index (χ1v) is 7.86. The smallest absolute Gasteiger partial charge is 0.282 e. The van der Waals surface area contributed by atoms with Gasteiger partial charge in [-0.3, -0.25) is 9.78 Å². The molecule has 1 aromatic heterocycles. The number of aromatic nitrogens is 1. The van der Waals surface area contributed by atoms with Crippen LogP contribution in [0.1, 0.15) is 5.56 Å². The van der Waals surface area contributed by atoms with Crippen LogP contribution < -0.4 is 4.90 Å². The van der Waals surface area contributed by atoms with Crippen LogP contribution in [-0.2, 0) is 4.79 Å². The van der Waals surface area contributed by atoms with Gasteiger partial charge >= 0.3 is 0 Å². The number of carbonyl (C=O) groups excluding carboxylic acids is 1. The zero-order valence-corrected chi connectivity index (χ0v) is 13.9. The predicted molar refractivity (Wildman–Crippen MR) is 90.5 cm³/mol. The Balaban J connectivity index is 2.00. The molecule has 2 heterocycles. The molecule has 0 radical (unpaired) electrons. The fourth-order valence-electron chi connectivity index (χ4n) is 2.94. The Labute approximate surface area is 147 Å². The second-order valence-corrected chi connectivity index (χ2v) is 6.04. The normalized spacial score (nSPS) is 14.5. The molecule has 0 spiro atoms. The van der Waals surface area contributed by atoms with E-state index < -0.39 is 17.6 Å². The van der Waals surface area contributed by atoms with Crippen molar-refractivity contribution in [2.75, 3.05) is 31.1 Å². The molecule has 0 aliphatic carbocycles. The minimum atomic E-state index is -1.01. The maximum absolute atomic E-state index is 14.1. The number of rotatable bonds is 2. The van der Waals surface area contributed by atoms with Crippen molar-refractivity contribution >= 4 is 34.1 Å². The van der Waals surface area contributed by atoms with Crippen LogP contribution in [0.2, 0.25) is 5.02 Å². The van der Waals surface area contributed by atoms with Crippen LogP contribution in [0.5, 0.6) is 0 Å². The number of pyridine rings is 1. The van der Waals surface area contributed by atoms with Crippen molar-refractivity contribution in [2.45, 2.75) is 0 Å². The highest BCUT2D eigenvalue weighted by Crippen LogP contribution is 2.33. The summed E-state index contributed by atoms with van der Waals surface area (Å²) in [5, 5.41) is 10.0.